The zero-order valence-corrected chi connectivity index (χ0v) is 13.6. The van der Waals surface area contributed by atoms with E-state index in [0.29, 0.717) is 0 Å². The summed E-state index contributed by atoms with van der Waals surface area (Å²) < 4.78 is 2.77. The van der Waals surface area contributed by atoms with Gasteiger partial charge in [-0.25, -0.2) is 0 Å². The minimum atomic E-state index is 0.838. The van der Waals surface area contributed by atoms with Crippen molar-refractivity contribution >= 4 is 34.3 Å². The molecular weight excluding hydrogens is 300 g/mol. The Balaban J connectivity index is 1.67. The lowest BCUT2D eigenvalue weighted by Crippen LogP contribution is -3.11. The molecule has 0 radical (unpaired) electrons. The van der Waals surface area contributed by atoms with Crippen molar-refractivity contribution in [2.75, 3.05) is 25.5 Å². The van der Waals surface area contributed by atoms with Gasteiger partial charge in [-0.3, -0.25) is 0 Å². The predicted octanol–water partition coefficient (Wildman–Crippen LogP) is 2.05. The highest BCUT2D eigenvalue weighted by molar-refractivity contribution is 7.73. The van der Waals surface area contributed by atoms with E-state index in [9.17, 15) is 0 Å². The van der Waals surface area contributed by atoms with E-state index in [1.807, 2.05) is 11.7 Å². The number of hydrogen-bond donors (Lipinski definition) is 2. The van der Waals surface area contributed by atoms with Gasteiger partial charge in [0.1, 0.15) is 0 Å². The first-order chi connectivity index (χ1) is 10.3. The van der Waals surface area contributed by atoms with Gasteiger partial charge < -0.3 is 10.2 Å². The van der Waals surface area contributed by atoms with Gasteiger partial charge in [0.25, 0.3) is 0 Å². The second-order valence-electron chi connectivity index (χ2n) is 5.13. The van der Waals surface area contributed by atoms with Crippen LogP contribution in [-0.4, -0.2) is 29.9 Å². The summed E-state index contributed by atoms with van der Waals surface area (Å²) in [4.78, 5) is 1.50. The van der Waals surface area contributed by atoms with E-state index in [0.717, 1.165) is 35.3 Å². The molecule has 2 aromatic rings. The zero-order valence-electron chi connectivity index (χ0n) is 12.0. The Labute approximate surface area is 133 Å². The van der Waals surface area contributed by atoms with Crippen LogP contribution < -0.4 is 10.2 Å². The molecule has 1 aliphatic rings. The molecule has 1 atom stereocenters. The van der Waals surface area contributed by atoms with Gasteiger partial charge in [0.05, 0.1) is 13.1 Å². The second kappa shape index (κ2) is 6.51. The van der Waals surface area contributed by atoms with Crippen LogP contribution in [0.3, 0.4) is 0 Å². The van der Waals surface area contributed by atoms with E-state index in [1.54, 1.807) is 0 Å². The number of nitrogens with one attached hydrogen (secondary N) is 2. The van der Waals surface area contributed by atoms with Crippen LogP contribution in [0.15, 0.2) is 36.4 Å². The van der Waals surface area contributed by atoms with Crippen LogP contribution in [0.2, 0.25) is 0 Å². The Morgan fingerprint density at radius 2 is 2.19 bits per heavy atom. The number of aromatic nitrogens is 2. The van der Waals surface area contributed by atoms with Crippen LogP contribution in [0, 0.1) is 3.95 Å². The Hall–Kier alpha value is -1.50. The molecule has 110 valence electrons. The summed E-state index contributed by atoms with van der Waals surface area (Å²) in [5, 5.41) is 8.42. The molecule has 0 fully saturated rings. The molecule has 1 aliphatic heterocycles. The fourth-order valence-corrected chi connectivity index (χ4v) is 3.52. The molecule has 0 saturated carbocycles. The van der Waals surface area contributed by atoms with Gasteiger partial charge in [-0.05, 0) is 29.4 Å². The molecule has 4 nitrogen and oxygen atoms in total. The maximum absolute atomic E-state index is 5.36. The molecule has 1 aromatic carbocycles. The average molecular weight is 319 g/mol. The standard InChI is InChI=1S/C15H18N4S2/c1-16-14-17-19(15(20)21-14)11-18-9-7-13(8-10-18)12-5-3-2-4-6-12/h2-7H,8-11H2,1H3,(H,16,17)/p+1. The largest absolute Gasteiger partial charge is 0.363 e. The molecule has 6 heteroatoms. The average Bonchev–Trinajstić information content (AvgIpc) is 2.89. The van der Waals surface area contributed by atoms with Crippen LogP contribution in [0.25, 0.3) is 5.57 Å². The summed E-state index contributed by atoms with van der Waals surface area (Å²) in [7, 11) is 1.88. The topological polar surface area (TPSA) is 34.3 Å². The van der Waals surface area contributed by atoms with Crippen LogP contribution in [0.4, 0.5) is 5.13 Å². The van der Waals surface area contributed by atoms with Gasteiger partial charge in [0.15, 0.2) is 10.6 Å². The summed E-state index contributed by atoms with van der Waals surface area (Å²) >= 11 is 6.88. The molecule has 1 aromatic heterocycles. The highest BCUT2D eigenvalue weighted by atomic mass is 32.1. The lowest BCUT2D eigenvalue weighted by atomic mass is 10.00. The number of anilines is 1. The molecule has 21 heavy (non-hydrogen) atoms. The summed E-state index contributed by atoms with van der Waals surface area (Å²) in [6.45, 7) is 2.99. The van der Waals surface area contributed by atoms with Crippen LogP contribution >= 0.6 is 23.6 Å². The highest BCUT2D eigenvalue weighted by Crippen LogP contribution is 2.18. The van der Waals surface area contributed by atoms with Crippen molar-refractivity contribution in [2.45, 2.75) is 13.1 Å². The Kier molecular flexibility index (Phi) is 4.48. The maximum atomic E-state index is 5.36. The smallest absolute Gasteiger partial charge is 0.204 e. The normalized spacial score (nSPS) is 18.3. The van der Waals surface area contributed by atoms with E-state index in [2.05, 4.69) is 46.8 Å². The predicted molar refractivity (Wildman–Crippen MR) is 90.2 cm³/mol. The van der Waals surface area contributed by atoms with Gasteiger partial charge >= 0.3 is 0 Å². The van der Waals surface area contributed by atoms with Gasteiger partial charge in [-0.1, -0.05) is 41.7 Å². The fourth-order valence-electron chi connectivity index (χ4n) is 2.56. The molecule has 3 rings (SSSR count). The number of quaternary nitrogens is 1. The van der Waals surface area contributed by atoms with Crippen LogP contribution in [0.5, 0.6) is 0 Å². The molecular formula is C15H19N4S2+. The summed E-state index contributed by atoms with van der Waals surface area (Å²) in [6.07, 6.45) is 3.46. The van der Waals surface area contributed by atoms with Crippen molar-refractivity contribution in [3.05, 3.63) is 45.9 Å². The molecule has 1 unspecified atom stereocenters. The summed E-state index contributed by atoms with van der Waals surface area (Å²) in [5.74, 6) is 0. The molecule has 0 spiro atoms. The van der Waals surface area contributed by atoms with E-state index in [-0.39, 0.29) is 0 Å². The van der Waals surface area contributed by atoms with Gasteiger partial charge in [-0.2, -0.15) is 4.68 Å². The second-order valence-corrected chi connectivity index (χ2v) is 6.75. The third kappa shape index (κ3) is 3.40. The Morgan fingerprint density at radius 1 is 1.38 bits per heavy atom. The van der Waals surface area contributed by atoms with Crippen LogP contribution in [0.1, 0.15) is 12.0 Å². The number of rotatable bonds is 4. The molecule has 0 saturated heterocycles. The minimum Gasteiger partial charge on any atom is -0.363 e. The SMILES string of the molecule is CNc1nn(C[NH+]2CC=C(c3ccccc3)CC2)c(=S)s1. The summed E-state index contributed by atoms with van der Waals surface area (Å²) in [5.41, 5.74) is 2.80. The van der Waals surface area contributed by atoms with Crippen molar-refractivity contribution in [3.8, 4) is 0 Å². The maximum Gasteiger partial charge on any atom is 0.204 e. The van der Waals surface area contributed by atoms with E-state index in [1.165, 1.54) is 27.4 Å². The van der Waals surface area contributed by atoms with Gasteiger partial charge in [-0.15, -0.1) is 5.10 Å². The van der Waals surface area contributed by atoms with Crippen molar-refractivity contribution in [2.24, 2.45) is 0 Å². The lowest BCUT2D eigenvalue weighted by Gasteiger charge is -2.23. The number of nitrogens with zero attached hydrogens (tertiary/aromatic N) is 2. The fraction of sp³-hybridized carbons (Fsp3) is 0.333. The van der Waals surface area contributed by atoms with E-state index >= 15 is 0 Å². The molecule has 2 N–H and O–H groups in total. The van der Waals surface area contributed by atoms with Gasteiger partial charge in [0.2, 0.25) is 5.13 Å². The monoisotopic (exact) mass is 319 g/mol. The van der Waals surface area contributed by atoms with E-state index < -0.39 is 0 Å². The van der Waals surface area contributed by atoms with Crippen molar-refractivity contribution < 1.29 is 4.90 Å². The van der Waals surface area contributed by atoms with E-state index in [4.69, 9.17) is 12.2 Å². The molecule has 0 aliphatic carbocycles. The molecule has 2 heterocycles. The Bertz CT molecular complexity index is 687. The number of benzene rings is 1. The van der Waals surface area contributed by atoms with Crippen LogP contribution in [-0.2, 0) is 6.67 Å². The third-order valence-electron chi connectivity index (χ3n) is 3.72. The van der Waals surface area contributed by atoms with Crippen molar-refractivity contribution in [3.63, 3.8) is 0 Å². The first kappa shape index (κ1) is 14.4. The minimum absolute atomic E-state index is 0.838. The third-order valence-corrected chi connectivity index (χ3v) is 5.05. The van der Waals surface area contributed by atoms with Crippen molar-refractivity contribution in [1.29, 1.82) is 0 Å². The van der Waals surface area contributed by atoms with Crippen molar-refractivity contribution in [1.82, 2.24) is 9.78 Å². The molecule has 0 amide bonds. The van der Waals surface area contributed by atoms with Gasteiger partial charge in [0, 0.05) is 13.5 Å². The lowest BCUT2D eigenvalue weighted by molar-refractivity contribution is -0.918. The number of hydrogen-bond acceptors (Lipinski definition) is 4. The first-order valence-electron chi connectivity index (χ1n) is 7.10. The molecule has 0 bridgehead atoms. The summed E-state index contributed by atoms with van der Waals surface area (Å²) in [6, 6.07) is 10.6. The highest BCUT2D eigenvalue weighted by Gasteiger charge is 2.17. The quantitative estimate of drug-likeness (QED) is 0.847. The zero-order chi connectivity index (χ0) is 14.7. The first-order valence-corrected chi connectivity index (χ1v) is 8.32. The Morgan fingerprint density at radius 3 is 2.81 bits per heavy atom.